The average molecular weight is 276 g/mol. The summed E-state index contributed by atoms with van der Waals surface area (Å²) in [6.07, 6.45) is 5.89. The summed E-state index contributed by atoms with van der Waals surface area (Å²) in [7, 11) is 0. The van der Waals surface area contributed by atoms with Crippen molar-refractivity contribution in [2.24, 2.45) is 0 Å². The molecule has 0 bridgehead atoms. The average Bonchev–Trinajstić information content (AvgIpc) is 2.53. The van der Waals surface area contributed by atoms with Gasteiger partial charge in [0.25, 0.3) is 0 Å². The maximum Gasteiger partial charge on any atom is -0.0193 e. The van der Waals surface area contributed by atoms with Crippen molar-refractivity contribution < 1.29 is 0 Å². The molecule has 0 saturated heterocycles. The van der Waals surface area contributed by atoms with Gasteiger partial charge in [-0.05, 0) is 59.9 Å². The first-order valence-electron chi connectivity index (χ1n) is 8.08. The predicted molar refractivity (Wildman–Crippen MR) is 92.5 cm³/mol. The van der Waals surface area contributed by atoms with Crippen LogP contribution in [0.3, 0.4) is 0 Å². The summed E-state index contributed by atoms with van der Waals surface area (Å²) in [5.41, 5.74) is 8.57. The van der Waals surface area contributed by atoms with E-state index < -0.39 is 0 Å². The molecule has 1 aliphatic carbocycles. The lowest BCUT2D eigenvalue weighted by molar-refractivity contribution is 0.733. The van der Waals surface area contributed by atoms with Gasteiger partial charge in [0.05, 0.1) is 0 Å². The zero-order valence-corrected chi connectivity index (χ0v) is 13.3. The van der Waals surface area contributed by atoms with E-state index in [0.717, 1.165) is 12.8 Å². The minimum absolute atomic E-state index is 0.656. The molecule has 2 aromatic carbocycles. The number of rotatable bonds is 3. The van der Waals surface area contributed by atoms with Gasteiger partial charge in [-0.3, -0.25) is 0 Å². The standard InChI is InChI=1S/C21H24/c1-4-16(3)17-7-9-18(10-8-17)20-12-11-19-13-15(2)5-6-21(19)14-20/h5-10,13-14,16H,4,11-12H2,1-3H3. The molecule has 3 rings (SSSR count). The highest BCUT2D eigenvalue weighted by molar-refractivity contribution is 5.84. The van der Waals surface area contributed by atoms with Crippen LogP contribution in [0, 0.1) is 6.92 Å². The SMILES string of the molecule is CCC(C)c1ccc(C2=Cc3ccc(C)cc3CC2)cc1. The number of hydrogen-bond donors (Lipinski definition) is 0. The lowest BCUT2D eigenvalue weighted by Gasteiger charge is -2.18. The summed E-state index contributed by atoms with van der Waals surface area (Å²) in [6, 6.07) is 16.0. The van der Waals surface area contributed by atoms with E-state index >= 15 is 0 Å². The fraction of sp³-hybridized carbons (Fsp3) is 0.333. The molecule has 1 unspecified atom stereocenters. The Morgan fingerprint density at radius 2 is 1.76 bits per heavy atom. The van der Waals surface area contributed by atoms with Crippen LogP contribution >= 0.6 is 0 Å². The van der Waals surface area contributed by atoms with Crippen molar-refractivity contribution in [1.29, 1.82) is 0 Å². The molecule has 1 atom stereocenters. The quantitative estimate of drug-likeness (QED) is 0.645. The second kappa shape index (κ2) is 5.89. The third-order valence-corrected chi connectivity index (χ3v) is 4.75. The molecule has 0 fully saturated rings. The zero-order valence-electron chi connectivity index (χ0n) is 13.3. The van der Waals surface area contributed by atoms with E-state index in [2.05, 4.69) is 69.3 Å². The molecule has 0 heteroatoms. The van der Waals surface area contributed by atoms with Crippen LogP contribution in [0.2, 0.25) is 0 Å². The van der Waals surface area contributed by atoms with Gasteiger partial charge in [-0.15, -0.1) is 0 Å². The van der Waals surface area contributed by atoms with E-state index in [9.17, 15) is 0 Å². The molecule has 2 aromatic rings. The van der Waals surface area contributed by atoms with Crippen LogP contribution in [0.5, 0.6) is 0 Å². The summed E-state index contributed by atoms with van der Waals surface area (Å²) in [6.45, 7) is 6.72. The van der Waals surface area contributed by atoms with Crippen LogP contribution < -0.4 is 0 Å². The molecule has 21 heavy (non-hydrogen) atoms. The number of aryl methyl sites for hydroxylation is 2. The molecule has 0 heterocycles. The van der Waals surface area contributed by atoms with Gasteiger partial charge in [-0.25, -0.2) is 0 Å². The largest absolute Gasteiger partial charge is 0.0648 e. The fourth-order valence-electron chi connectivity index (χ4n) is 3.11. The summed E-state index contributed by atoms with van der Waals surface area (Å²) < 4.78 is 0. The monoisotopic (exact) mass is 276 g/mol. The second-order valence-electron chi connectivity index (χ2n) is 6.30. The van der Waals surface area contributed by atoms with Crippen molar-refractivity contribution in [3.8, 4) is 0 Å². The molecular formula is C21H24. The molecule has 0 aromatic heterocycles. The number of fused-ring (bicyclic) bond motifs is 1. The summed E-state index contributed by atoms with van der Waals surface area (Å²) in [5, 5.41) is 0. The first-order valence-corrected chi connectivity index (χ1v) is 8.08. The smallest absolute Gasteiger partial charge is 0.0193 e. The normalized spacial score (nSPS) is 15.3. The lowest BCUT2D eigenvalue weighted by atomic mass is 9.87. The van der Waals surface area contributed by atoms with Gasteiger partial charge in [-0.1, -0.05) is 68.0 Å². The van der Waals surface area contributed by atoms with Crippen LogP contribution in [0.4, 0.5) is 0 Å². The molecule has 0 radical (unpaired) electrons. The van der Waals surface area contributed by atoms with Gasteiger partial charge < -0.3 is 0 Å². The van der Waals surface area contributed by atoms with Gasteiger partial charge in [0.1, 0.15) is 0 Å². The maximum absolute atomic E-state index is 2.37. The summed E-state index contributed by atoms with van der Waals surface area (Å²) in [5.74, 6) is 0.656. The van der Waals surface area contributed by atoms with Gasteiger partial charge in [-0.2, -0.15) is 0 Å². The number of benzene rings is 2. The van der Waals surface area contributed by atoms with Crippen LogP contribution in [-0.4, -0.2) is 0 Å². The Hall–Kier alpha value is -1.82. The molecule has 0 spiro atoms. The Bertz CT molecular complexity index is 659. The maximum atomic E-state index is 2.37. The van der Waals surface area contributed by atoms with Crippen LogP contribution in [-0.2, 0) is 6.42 Å². The van der Waals surface area contributed by atoms with Crippen molar-refractivity contribution >= 4 is 11.6 Å². The molecule has 0 saturated carbocycles. The second-order valence-corrected chi connectivity index (χ2v) is 6.30. The molecule has 0 aliphatic heterocycles. The molecule has 108 valence electrons. The highest BCUT2D eigenvalue weighted by Crippen LogP contribution is 2.31. The molecule has 0 amide bonds. The van der Waals surface area contributed by atoms with Gasteiger partial charge >= 0.3 is 0 Å². The third kappa shape index (κ3) is 2.95. The topological polar surface area (TPSA) is 0 Å². The van der Waals surface area contributed by atoms with Crippen molar-refractivity contribution in [3.63, 3.8) is 0 Å². The van der Waals surface area contributed by atoms with Crippen LogP contribution in [0.1, 0.15) is 60.4 Å². The van der Waals surface area contributed by atoms with Gasteiger partial charge in [0.15, 0.2) is 0 Å². The zero-order chi connectivity index (χ0) is 14.8. The third-order valence-electron chi connectivity index (χ3n) is 4.75. The first kappa shape index (κ1) is 14.1. The van der Waals surface area contributed by atoms with Crippen molar-refractivity contribution in [2.75, 3.05) is 0 Å². The Labute approximate surface area is 128 Å². The Balaban J connectivity index is 1.89. The van der Waals surface area contributed by atoms with Crippen molar-refractivity contribution in [2.45, 2.75) is 46.0 Å². The Morgan fingerprint density at radius 1 is 1.00 bits per heavy atom. The van der Waals surface area contributed by atoms with Gasteiger partial charge in [0.2, 0.25) is 0 Å². The number of hydrogen-bond acceptors (Lipinski definition) is 0. The Morgan fingerprint density at radius 3 is 2.48 bits per heavy atom. The first-order chi connectivity index (χ1) is 10.2. The fourth-order valence-corrected chi connectivity index (χ4v) is 3.11. The predicted octanol–water partition coefficient (Wildman–Crippen LogP) is 6.00. The van der Waals surface area contributed by atoms with E-state index in [1.807, 2.05) is 0 Å². The minimum atomic E-state index is 0.656. The van der Waals surface area contributed by atoms with Gasteiger partial charge in [0, 0.05) is 0 Å². The molecule has 1 aliphatic rings. The van der Waals surface area contributed by atoms with E-state index in [1.54, 1.807) is 0 Å². The molecular weight excluding hydrogens is 252 g/mol. The van der Waals surface area contributed by atoms with Crippen molar-refractivity contribution in [3.05, 3.63) is 70.3 Å². The lowest BCUT2D eigenvalue weighted by Crippen LogP contribution is -2.00. The van der Waals surface area contributed by atoms with Crippen LogP contribution in [0.15, 0.2) is 42.5 Å². The molecule has 0 N–H and O–H groups in total. The molecule has 0 nitrogen and oxygen atoms in total. The summed E-state index contributed by atoms with van der Waals surface area (Å²) in [4.78, 5) is 0. The highest BCUT2D eigenvalue weighted by atomic mass is 14.2. The van der Waals surface area contributed by atoms with E-state index in [0.29, 0.717) is 5.92 Å². The van der Waals surface area contributed by atoms with E-state index in [-0.39, 0.29) is 0 Å². The van der Waals surface area contributed by atoms with Crippen LogP contribution in [0.25, 0.3) is 11.6 Å². The van der Waals surface area contributed by atoms with E-state index in [4.69, 9.17) is 0 Å². The summed E-state index contributed by atoms with van der Waals surface area (Å²) >= 11 is 0. The highest BCUT2D eigenvalue weighted by Gasteiger charge is 2.12. The van der Waals surface area contributed by atoms with E-state index in [1.165, 1.54) is 39.8 Å². The minimum Gasteiger partial charge on any atom is -0.0648 e. The Kier molecular flexibility index (Phi) is 3.96. The van der Waals surface area contributed by atoms with Crippen molar-refractivity contribution in [1.82, 2.24) is 0 Å². The number of allylic oxidation sites excluding steroid dienone is 1.